The molecule has 1 nitrogen and oxygen atoms in total. The molecule has 0 amide bonds. The maximum Gasteiger partial charge on any atom is 0.00772 e. The van der Waals surface area contributed by atoms with Crippen molar-refractivity contribution in [1.82, 2.24) is 5.32 Å². The topological polar surface area (TPSA) is 12.0 Å². The third-order valence-corrected chi connectivity index (χ3v) is 6.00. The number of nitrogens with one attached hydrogen (secondary N) is 1. The summed E-state index contributed by atoms with van der Waals surface area (Å²) in [5, 5.41) is 4.91. The summed E-state index contributed by atoms with van der Waals surface area (Å²) < 4.78 is 0. The van der Waals surface area contributed by atoms with Crippen LogP contribution >= 0.6 is 11.8 Å². The van der Waals surface area contributed by atoms with E-state index in [1.54, 1.807) is 0 Å². The third kappa shape index (κ3) is 4.16. The molecule has 18 heavy (non-hydrogen) atoms. The molecule has 2 unspecified atom stereocenters. The maximum atomic E-state index is 3.98. The molecule has 0 bridgehead atoms. The molecule has 0 heterocycles. The van der Waals surface area contributed by atoms with Crippen LogP contribution in [0.25, 0.3) is 0 Å². The first-order valence-electron chi connectivity index (χ1n) is 7.77. The summed E-state index contributed by atoms with van der Waals surface area (Å²) in [7, 11) is 0. The first kappa shape index (κ1) is 14.7. The predicted octanol–water partition coefficient (Wildman–Crippen LogP) is 4.47. The molecule has 0 aromatic rings. The van der Waals surface area contributed by atoms with Crippen molar-refractivity contribution in [3.63, 3.8) is 0 Å². The second-order valence-electron chi connectivity index (χ2n) is 7.49. The lowest BCUT2D eigenvalue weighted by atomic mass is 9.70. The molecular weight excluding hydrogens is 238 g/mol. The van der Waals surface area contributed by atoms with Gasteiger partial charge in [0.05, 0.1) is 0 Å². The molecule has 2 atom stereocenters. The fourth-order valence-corrected chi connectivity index (χ4v) is 5.02. The maximum absolute atomic E-state index is 3.98. The lowest BCUT2D eigenvalue weighted by Gasteiger charge is -2.41. The van der Waals surface area contributed by atoms with Crippen LogP contribution in [0.3, 0.4) is 0 Å². The van der Waals surface area contributed by atoms with Crippen LogP contribution in [0, 0.1) is 11.3 Å². The van der Waals surface area contributed by atoms with Gasteiger partial charge in [0.2, 0.25) is 0 Å². The summed E-state index contributed by atoms with van der Waals surface area (Å²) in [6.45, 7) is 7.32. The zero-order valence-electron chi connectivity index (χ0n) is 12.7. The minimum Gasteiger partial charge on any atom is -0.311 e. The van der Waals surface area contributed by atoms with Crippen LogP contribution in [0.15, 0.2) is 0 Å². The highest BCUT2D eigenvalue weighted by Crippen LogP contribution is 2.39. The summed E-state index contributed by atoms with van der Waals surface area (Å²) in [4.78, 5) is 0. The van der Waals surface area contributed by atoms with E-state index in [4.69, 9.17) is 0 Å². The molecule has 0 radical (unpaired) electrons. The van der Waals surface area contributed by atoms with Crippen LogP contribution in [-0.2, 0) is 0 Å². The van der Waals surface area contributed by atoms with Crippen molar-refractivity contribution in [2.24, 2.45) is 11.3 Å². The van der Waals surface area contributed by atoms with Crippen LogP contribution in [0.2, 0.25) is 0 Å². The Labute approximate surface area is 118 Å². The van der Waals surface area contributed by atoms with E-state index in [-0.39, 0.29) is 0 Å². The highest BCUT2D eigenvalue weighted by molar-refractivity contribution is 7.99. The Kier molecular flexibility index (Phi) is 5.05. The van der Waals surface area contributed by atoms with Gasteiger partial charge >= 0.3 is 0 Å². The lowest BCUT2D eigenvalue weighted by Crippen LogP contribution is -2.46. The van der Waals surface area contributed by atoms with Gasteiger partial charge in [-0.25, -0.2) is 0 Å². The standard InChI is InChI=1S/C16H31NS/c1-12-9-14(11-16(2,3)10-12)17-13-5-7-15(18-4)8-6-13/h12-15,17H,5-11H2,1-4H3. The van der Waals surface area contributed by atoms with Gasteiger partial charge in [-0.15, -0.1) is 0 Å². The van der Waals surface area contributed by atoms with Gasteiger partial charge in [0.25, 0.3) is 0 Å². The number of rotatable bonds is 3. The van der Waals surface area contributed by atoms with Crippen LogP contribution in [-0.4, -0.2) is 23.6 Å². The summed E-state index contributed by atoms with van der Waals surface area (Å²) in [5.41, 5.74) is 0.547. The van der Waals surface area contributed by atoms with Crippen molar-refractivity contribution >= 4 is 11.8 Å². The van der Waals surface area contributed by atoms with Gasteiger partial charge in [-0.3, -0.25) is 0 Å². The van der Waals surface area contributed by atoms with Crippen molar-refractivity contribution in [3.05, 3.63) is 0 Å². The second-order valence-corrected chi connectivity index (χ2v) is 8.62. The Balaban J connectivity index is 1.79. The van der Waals surface area contributed by atoms with E-state index < -0.39 is 0 Å². The molecule has 1 N–H and O–H groups in total. The first-order valence-corrected chi connectivity index (χ1v) is 9.06. The molecule has 2 heteroatoms. The minimum absolute atomic E-state index is 0.547. The Morgan fingerprint density at radius 1 is 1.00 bits per heavy atom. The van der Waals surface area contributed by atoms with Gasteiger partial charge in [0, 0.05) is 17.3 Å². The molecular formula is C16H31NS. The number of hydrogen-bond donors (Lipinski definition) is 1. The van der Waals surface area contributed by atoms with E-state index in [1.165, 1.54) is 44.9 Å². The Morgan fingerprint density at radius 2 is 1.67 bits per heavy atom. The van der Waals surface area contributed by atoms with Gasteiger partial charge in [-0.1, -0.05) is 20.8 Å². The lowest BCUT2D eigenvalue weighted by molar-refractivity contribution is 0.139. The molecule has 0 aliphatic heterocycles. The van der Waals surface area contributed by atoms with Crippen molar-refractivity contribution in [2.45, 2.75) is 83.1 Å². The van der Waals surface area contributed by atoms with Gasteiger partial charge in [-0.05, 0) is 62.5 Å². The van der Waals surface area contributed by atoms with Crippen LogP contribution in [0.1, 0.15) is 65.7 Å². The van der Waals surface area contributed by atoms with Crippen molar-refractivity contribution in [2.75, 3.05) is 6.26 Å². The predicted molar refractivity (Wildman–Crippen MR) is 83.3 cm³/mol. The quantitative estimate of drug-likeness (QED) is 0.811. The molecule has 2 rings (SSSR count). The Morgan fingerprint density at radius 3 is 2.22 bits per heavy atom. The van der Waals surface area contributed by atoms with Crippen LogP contribution in [0.4, 0.5) is 0 Å². The van der Waals surface area contributed by atoms with Crippen molar-refractivity contribution in [1.29, 1.82) is 0 Å². The average Bonchev–Trinajstić information content (AvgIpc) is 2.27. The van der Waals surface area contributed by atoms with E-state index in [0.29, 0.717) is 5.41 Å². The van der Waals surface area contributed by atoms with E-state index in [1.807, 2.05) is 0 Å². The smallest absolute Gasteiger partial charge is 0.00772 e. The van der Waals surface area contributed by atoms with Crippen LogP contribution in [0.5, 0.6) is 0 Å². The normalized spacial score (nSPS) is 40.7. The molecule has 2 aliphatic rings. The first-order chi connectivity index (χ1) is 8.48. The van der Waals surface area contributed by atoms with Gasteiger partial charge in [0.15, 0.2) is 0 Å². The minimum atomic E-state index is 0.547. The van der Waals surface area contributed by atoms with Gasteiger partial charge in [-0.2, -0.15) is 11.8 Å². The van der Waals surface area contributed by atoms with Gasteiger partial charge in [0.1, 0.15) is 0 Å². The monoisotopic (exact) mass is 269 g/mol. The zero-order valence-corrected chi connectivity index (χ0v) is 13.5. The van der Waals surface area contributed by atoms with Crippen LogP contribution < -0.4 is 5.32 Å². The summed E-state index contributed by atoms with van der Waals surface area (Å²) >= 11 is 2.07. The number of hydrogen-bond acceptors (Lipinski definition) is 2. The Hall–Kier alpha value is 0.310. The Bertz CT molecular complexity index is 256. The van der Waals surface area contributed by atoms with E-state index in [0.717, 1.165) is 23.3 Å². The van der Waals surface area contributed by atoms with E-state index >= 15 is 0 Å². The van der Waals surface area contributed by atoms with Gasteiger partial charge < -0.3 is 5.32 Å². The summed E-state index contributed by atoms with van der Waals surface area (Å²) in [6, 6.07) is 1.58. The SMILES string of the molecule is CSC1CCC(NC2CC(C)CC(C)(C)C2)CC1. The second kappa shape index (κ2) is 6.17. The van der Waals surface area contributed by atoms with Crippen molar-refractivity contribution in [3.8, 4) is 0 Å². The highest BCUT2D eigenvalue weighted by atomic mass is 32.2. The zero-order chi connectivity index (χ0) is 13.2. The highest BCUT2D eigenvalue weighted by Gasteiger charge is 2.33. The fourth-order valence-electron chi connectivity index (χ4n) is 4.27. The molecule has 0 saturated heterocycles. The molecule has 0 aromatic carbocycles. The fraction of sp³-hybridized carbons (Fsp3) is 1.00. The summed E-state index contributed by atoms with van der Waals surface area (Å²) in [6.07, 6.45) is 12.1. The number of thioether (sulfide) groups is 1. The molecule has 106 valence electrons. The van der Waals surface area contributed by atoms with E-state index in [2.05, 4.69) is 44.1 Å². The summed E-state index contributed by atoms with van der Waals surface area (Å²) in [5.74, 6) is 0.897. The average molecular weight is 269 g/mol. The molecule has 2 aliphatic carbocycles. The van der Waals surface area contributed by atoms with Crippen molar-refractivity contribution < 1.29 is 0 Å². The molecule has 2 saturated carbocycles. The molecule has 0 aromatic heterocycles. The molecule has 0 spiro atoms. The molecule has 2 fully saturated rings. The third-order valence-electron chi connectivity index (χ3n) is 4.87. The largest absolute Gasteiger partial charge is 0.311 e. The van der Waals surface area contributed by atoms with E-state index in [9.17, 15) is 0 Å².